The van der Waals surface area contributed by atoms with Gasteiger partial charge in [0.1, 0.15) is 9.98 Å². The summed E-state index contributed by atoms with van der Waals surface area (Å²) in [6.07, 6.45) is 0.990. The zero-order valence-electron chi connectivity index (χ0n) is 12.0. The molecule has 0 unspecified atom stereocenters. The number of aryl methyl sites for hydroxylation is 2. The molecule has 0 saturated carbocycles. The number of thiophene rings is 1. The fraction of sp³-hybridized carbons (Fsp3) is 0.250. The number of aromatic nitrogens is 2. The van der Waals surface area contributed by atoms with Gasteiger partial charge in [-0.15, -0.1) is 11.3 Å². The third-order valence-electron chi connectivity index (χ3n) is 3.32. The molecule has 0 radical (unpaired) electrons. The van der Waals surface area contributed by atoms with Crippen molar-refractivity contribution in [1.29, 1.82) is 0 Å². The summed E-state index contributed by atoms with van der Waals surface area (Å²) >= 11 is 7.92. The molecule has 21 heavy (non-hydrogen) atoms. The lowest BCUT2D eigenvalue weighted by molar-refractivity contribution is 1.07. The number of rotatable bonds is 4. The molecule has 3 rings (SSSR count). The number of nitrogens with one attached hydrogen (secondary N) is 1. The molecule has 5 heteroatoms. The third kappa shape index (κ3) is 3.17. The lowest BCUT2D eigenvalue weighted by atomic mass is 10.1. The molecule has 0 aliphatic rings. The Morgan fingerprint density at radius 1 is 1.19 bits per heavy atom. The topological polar surface area (TPSA) is 37.8 Å². The van der Waals surface area contributed by atoms with Crippen LogP contribution in [-0.2, 0) is 13.0 Å². The van der Waals surface area contributed by atoms with E-state index in [0.29, 0.717) is 17.6 Å². The Hall–Kier alpha value is -1.65. The van der Waals surface area contributed by atoms with E-state index < -0.39 is 0 Å². The van der Waals surface area contributed by atoms with Crippen molar-refractivity contribution in [2.75, 3.05) is 5.32 Å². The molecule has 0 amide bonds. The first-order valence-corrected chi connectivity index (χ1v) is 8.10. The third-order valence-corrected chi connectivity index (χ3v) is 4.78. The maximum Gasteiger partial charge on any atom is 0.225 e. The Kier molecular flexibility index (Phi) is 4.08. The standard InChI is InChI=1S/C16H16ClN3S/c1-3-12-8-13-14(17)19-16(20-15(13)21-12)18-9-11-6-4-10(2)5-7-11/h4-8H,3,9H2,1-2H3,(H,18,19,20). The summed E-state index contributed by atoms with van der Waals surface area (Å²) in [7, 11) is 0. The Labute approximate surface area is 133 Å². The quantitative estimate of drug-likeness (QED) is 0.700. The first kappa shape index (κ1) is 14.3. The van der Waals surface area contributed by atoms with Gasteiger partial charge in [0, 0.05) is 16.8 Å². The van der Waals surface area contributed by atoms with Crippen molar-refractivity contribution >= 4 is 39.1 Å². The van der Waals surface area contributed by atoms with E-state index in [-0.39, 0.29) is 0 Å². The number of nitrogens with zero attached hydrogens (tertiary/aromatic N) is 2. The number of halogens is 1. The minimum Gasteiger partial charge on any atom is -0.350 e. The van der Waals surface area contributed by atoms with E-state index in [1.165, 1.54) is 16.0 Å². The normalized spacial score (nSPS) is 11.0. The van der Waals surface area contributed by atoms with Crippen LogP contribution < -0.4 is 5.32 Å². The van der Waals surface area contributed by atoms with Crippen molar-refractivity contribution in [3.05, 3.63) is 51.5 Å². The molecule has 1 N–H and O–H groups in total. The molecule has 0 fully saturated rings. The van der Waals surface area contributed by atoms with Crippen molar-refractivity contribution in [2.24, 2.45) is 0 Å². The van der Waals surface area contributed by atoms with E-state index in [0.717, 1.165) is 16.6 Å². The SMILES string of the molecule is CCc1cc2c(Cl)nc(NCc3ccc(C)cc3)nc2s1. The lowest BCUT2D eigenvalue weighted by Gasteiger charge is -2.06. The fourth-order valence-corrected chi connectivity index (χ4v) is 3.32. The van der Waals surface area contributed by atoms with Gasteiger partial charge in [0.2, 0.25) is 5.95 Å². The molecule has 1 aromatic carbocycles. The maximum atomic E-state index is 6.25. The lowest BCUT2D eigenvalue weighted by Crippen LogP contribution is -2.03. The van der Waals surface area contributed by atoms with Gasteiger partial charge >= 0.3 is 0 Å². The molecule has 2 heterocycles. The summed E-state index contributed by atoms with van der Waals surface area (Å²) < 4.78 is 0. The average molecular weight is 318 g/mol. The number of hydrogen-bond donors (Lipinski definition) is 1. The number of hydrogen-bond acceptors (Lipinski definition) is 4. The van der Waals surface area contributed by atoms with Gasteiger partial charge in [-0.25, -0.2) is 9.97 Å². The zero-order valence-corrected chi connectivity index (χ0v) is 13.6. The first-order valence-electron chi connectivity index (χ1n) is 6.91. The van der Waals surface area contributed by atoms with E-state index >= 15 is 0 Å². The second kappa shape index (κ2) is 6.00. The van der Waals surface area contributed by atoms with E-state index in [1.54, 1.807) is 11.3 Å². The van der Waals surface area contributed by atoms with Crippen LogP contribution in [0.1, 0.15) is 22.9 Å². The summed E-state index contributed by atoms with van der Waals surface area (Å²) in [6.45, 7) is 4.90. The Balaban J connectivity index is 1.82. The van der Waals surface area contributed by atoms with Gasteiger partial charge in [-0.05, 0) is 25.0 Å². The highest BCUT2D eigenvalue weighted by Crippen LogP contribution is 2.30. The summed E-state index contributed by atoms with van der Waals surface area (Å²) in [5, 5.41) is 4.70. The predicted octanol–water partition coefficient (Wildman–Crippen LogP) is 4.83. The second-order valence-corrected chi connectivity index (χ2v) is 6.44. The van der Waals surface area contributed by atoms with Crippen molar-refractivity contribution in [2.45, 2.75) is 26.8 Å². The van der Waals surface area contributed by atoms with Gasteiger partial charge in [-0.2, -0.15) is 0 Å². The number of benzene rings is 1. The molecule has 0 spiro atoms. The molecule has 0 bridgehead atoms. The van der Waals surface area contributed by atoms with Crippen molar-refractivity contribution in [1.82, 2.24) is 9.97 Å². The minimum absolute atomic E-state index is 0.516. The first-order chi connectivity index (χ1) is 10.2. The zero-order chi connectivity index (χ0) is 14.8. The van der Waals surface area contributed by atoms with E-state index in [1.807, 2.05) is 0 Å². The largest absolute Gasteiger partial charge is 0.350 e. The smallest absolute Gasteiger partial charge is 0.225 e. The molecule has 108 valence electrons. The molecule has 0 aliphatic carbocycles. The van der Waals surface area contributed by atoms with Gasteiger partial charge in [0.25, 0.3) is 0 Å². The predicted molar refractivity (Wildman–Crippen MR) is 90.3 cm³/mol. The van der Waals surface area contributed by atoms with Crippen LogP contribution in [0.2, 0.25) is 5.15 Å². The average Bonchev–Trinajstić information content (AvgIpc) is 2.90. The van der Waals surface area contributed by atoms with Gasteiger partial charge in [-0.1, -0.05) is 48.4 Å². The highest BCUT2D eigenvalue weighted by atomic mass is 35.5. The Morgan fingerprint density at radius 2 is 1.95 bits per heavy atom. The Bertz CT molecular complexity index is 765. The van der Waals surface area contributed by atoms with Crippen LogP contribution in [0.3, 0.4) is 0 Å². The van der Waals surface area contributed by atoms with Crippen LogP contribution in [-0.4, -0.2) is 9.97 Å². The van der Waals surface area contributed by atoms with E-state index in [9.17, 15) is 0 Å². The van der Waals surface area contributed by atoms with Crippen molar-refractivity contribution in [3.63, 3.8) is 0 Å². The van der Waals surface area contributed by atoms with Gasteiger partial charge in [0.15, 0.2) is 0 Å². The van der Waals surface area contributed by atoms with Crippen LogP contribution >= 0.6 is 22.9 Å². The maximum absolute atomic E-state index is 6.25. The van der Waals surface area contributed by atoms with Crippen LogP contribution in [0, 0.1) is 6.92 Å². The number of fused-ring (bicyclic) bond motifs is 1. The van der Waals surface area contributed by atoms with E-state index in [2.05, 4.69) is 59.5 Å². The van der Waals surface area contributed by atoms with Gasteiger partial charge in [0.05, 0.1) is 0 Å². The fourth-order valence-electron chi connectivity index (χ4n) is 2.08. The summed E-state index contributed by atoms with van der Waals surface area (Å²) in [5.74, 6) is 0.581. The van der Waals surface area contributed by atoms with Crippen molar-refractivity contribution < 1.29 is 0 Å². The summed E-state index contributed by atoms with van der Waals surface area (Å²) in [6, 6.07) is 10.5. The summed E-state index contributed by atoms with van der Waals surface area (Å²) in [5.41, 5.74) is 2.45. The van der Waals surface area contributed by atoms with Gasteiger partial charge in [-0.3, -0.25) is 0 Å². The molecular formula is C16H16ClN3S. The van der Waals surface area contributed by atoms with E-state index in [4.69, 9.17) is 11.6 Å². The minimum atomic E-state index is 0.516. The highest BCUT2D eigenvalue weighted by Gasteiger charge is 2.09. The molecular weight excluding hydrogens is 302 g/mol. The Morgan fingerprint density at radius 3 is 2.67 bits per heavy atom. The monoisotopic (exact) mass is 317 g/mol. The molecule has 0 aliphatic heterocycles. The van der Waals surface area contributed by atoms with Crippen molar-refractivity contribution in [3.8, 4) is 0 Å². The molecule has 3 nitrogen and oxygen atoms in total. The second-order valence-electron chi connectivity index (χ2n) is 4.96. The van der Waals surface area contributed by atoms with Crippen LogP contribution in [0.5, 0.6) is 0 Å². The molecule has 0 saturated heterocycles. The van der Waals surface area contributed by atoms with Crippen LogP contribution in [0.25, 0.3) is 10.2 Å². The molecule has 3 aromatic rings. The number of anilines is 1. The summed E-state index contributed by atoms with van der Waals surface area (Å²) in [4.78, 5) is 11.1. The van der Waals surface area contributed by atoms with Crippen LogP contribution in [0.15, 0.2) is 30.3 Å². The highest BCUT2D eigenvalue weighted by molar-refractivity contribution is 7.18. The molecule has 0 atom stereocenters. The molecule has 2 aromatic heterocycles. The van der Waals surface area contributed by atoms with Gasteiger partial charge < -0.3 is 5.32 Å². The van der Waals surface area contributed by atoms with Crippen LogP contribution in [0.4, 0.5) is 5.95 Å².